The molecule has 0 atom stereocenters. The maximum Gasteiger partial charge on any atom is 0.358 e. The molecule has 0 amide bonds. The van der Waals surface area contributed by atoms with Gasteiger partial charge in [-0.25, -0.2) is 9.78 Å². The molecule has 0 aromatic carbocycles. The van der Waals surface area contributed by atoms with E-state index in [0.717, 1.165) is 6.42 Å². The van der Waals surface area contributed by atoms with E-state index in [2.05, 4.69) is 4.98 Å². The van der Waals surface area contributed by atoms with Gasteiger partial charge in [-0.3, -0.25) is 0 Å². The number of hydrogen-bond acceptors (Lipinski definition) is 4. The monoisotopic (exact) mass is 197 g/mol. The van der Waals surface area contributed by atoms with Crippen molar-refractivity contribution < 1.29 is 9.53 Å². The second kappa shape index (κ2) is 5.39. The third kappa shape index (κ3) is 2.85. The lowest BCUT2D eigenvalue weighted by atomic mass is 10.5. The van der Waals surface area contributed by atoms with Crippen LogP contribution in [0.2, 0.25) is 0 Å². The summed E-state index contributed by atoms with van der Waals surface area (Å²) < 4.78 is 6.69. The quantitative estimate of drug-likeness (QED) is 0.694. The molecular formula is C9H15N3O2. The molecule has 0 fully saturated rings. The van der Waals surface area contributed by atoms with Gasteiger partial charge in [-0.15, -0.1) is 0 Å². The van der Waals surface area contributed by atoms with Crippen molar-refractivity contribution in [2.24, 2.45) is 5.73 Å². The summed E-state index contributed by atoms with van der Waals surface area (Å²) in [6, 6.07) is 0. The smallest absolute Gasteiger partial charge is 0.358 e. The molecule has 78 valence electrons. The van der Waals surface area contributed by atoms with Crippen molar-refractivity contribution in [3.63, 3.8) is 0 Å². The van der Waals surface area contributed by atoms with Crippen LogP contribution in [0.3, 0.4) is 0 Å². The normalized spacial score (nSPS) is 10.1. The molecule has 2 N–H and O–H groups in total. The number of carbonyl (C=O) groups is 1. The first-order chi connectivity index (χ1) is 6.77. The highest BCUT2D eigenvalue weighted by molar-refractivity contribution is 5.86. The third-order valence-corrected chi connectivity index (χ3v) is 1.67. The van der Waals surface area contributed by atoms with E-state index in [9.17, 15) is 4.79 Å². The number of nitrogens with two attached hydrogens (primary N) is 1. The molecule has 0 saturated heterocycles. The molecule has 0 aliphatic heterocycles. The van der Waals surface area contributed by atoms with Crippen LogP contribution in [0.4, 0.5) is 0 Å². The lowest BCUT2D eigenvalue weighted by molar-refractivity contribution is 0.0498. The average Bonchev–Trinajstić information content (AvgIpc) is 2.63. The highest BCUT2D eigenvalue weighted by Gasteiger charge is 2.09. The molecule has 5 nitrogen and oxygen atoms in total. The summed E-state index contributed by atoms with van der Waals surface area (Å²) in [5.41, 5.74) is 5.70. The third-order valence-electron chi connectivity index (χ3n) is 1.67. The summed E-state index contributed by atoms with van der Waals surface area (Å²) in [6.45, 7) is 3.57. The first kappa shape index (κ1) is 10.7. The summed E-state index contributed by atoms with van der Waals surface area (Å²) in [5.74, 6) is -0.373. The van der Waals surface area contributed by atoms with Crippen molar-refractivity contribution in [3.8, 4) is 0 Å². The Morgan fingerprint density at radius 2 is 2.50 bits per heavy atom. The number of ether oxygens (including phenoxy) is 1. The Morgan fingerprint density at radius 3 is 3.14 bits per heavy atom. The Balaban J connectivity index is 2.53. The molecule has 1 rings (SSSR count). The molecule has 0 aliphatic rings. The molecule has 0 unspecified atom stereocenters. The predicted octanol–water partition coefficient (Wildman–Crippen LogP) is 0.409. The number of rotatable bonds is 5. The Kier molecular flexibility index (Phi) is 4.12. The van der Waals surface area contributed by atoms with Crippen LogP contribution < -0.4 is 5.73 Å². The lowest BCUT2D eigenvalue weighted by Crippen LogP contribution is -2.09. The number of esters is 1. The zero-order valence-corrected chi connectivity index (χ0v) is 8.27. The standard InChI is InChI=1S/C9H15N3O2/c1-2-5-14-9(13)8-6-12(4-3-10)7-11-8/h6-7H,2-5,10H2,1H3. The minimum Gasteiger partial charge on any atom is -0.461 e. The van der Waals surface area contributed by atoms with E-state index < -0.39 is 0 Å². The van der Waals surface area contributed by atoms with Crippen molar-refractivity contribution in [2.45, 2.75) is 19.9 Å². The van der Waals surface area contributed by atoms with Crippen LogP contribution in [0.5, 0.6) is 0 Å². The van der Waals surface area contributed by atoms with Crippen molar-refractivity contribution in [3.05, 3.63) is 18.2 Å². The van der Waals surface area contributed by atoms with Gasteiger partial charge in [0, 0.05) is 19.3 Å². The molecule has 5 heteroatoms. The predicted molar refractivity (Wildman–Crippen MR) is 51.9 cm³/mol. The Morgan fingerprint density at radius 1 is 1.71 bits per heavy atom. The Hall–Kier alpha value is -1.36. The zero-order chi connectivity index (χ0) is 10.4. The van der Waals surface area contributed by atoms with Crippen LogP contribution in [0.15, 0.2) is 12.5 Å². The van der Waals surface area contributed by atoms with Gasteiger partial charge in [0.15, 0.2) is 5.69 Å². The summed E-state index contributed by atoms with van der Waals surface area (Å²) in [7, 11) is 0. The van der Waals surface area contributed by atoms with Gasteiger partial charge in [0.1, 0.15) is 0 Å². The summed E-state index contributed by atoms with van der Waals surface area (Å²) in [4.78, 5) is 15.2. The first-order valence-corrected chi connectivity index (χ1v) is 4.67. The summed E-state index contributed by atoms with van der Waals surface area (Å²) >= 11 is 0. The zero-order valence-electron chi connectivity index (χ0n) is 8.27. The second-order valence-corrected chi connectivity index (χ2v) is 2.92. The maximum absolute atomic E-state index is 11.3. The van der Waals surface area contributed by atoms with Gasteiger partial charge in [-0.1, -0.05) is 6.92 Å². The second-order valence-electron chi connectivity index (χ2n) is 2.92. The largest absolute Gasteiger partial charge is 0.461 e. The first-order valence-electron chi connectivity index (χ1n) is 4.67. The number of hydrogen-bond donors (Lipinski definition) is 1. The van der Waals surface area contributed by atoms with Crippen molar-refractivity contribution >= 4 is 5.97 Å². The van der Waals surface area contributed by atoms with Crippen molar-refractivity contribution in [2.75, 3.05) is 13.2 Å². The van der Waals surface area contributed by atoms with E-state index in [0.29, 0.717) is 25.4 Å². The van der Waals surface area contributed by atoms with Gasteiger partial charge in [-0.2, -0.15) is 0 Å². The van der Waals surface area contributed by atoms with Crippen LogP contribution in [0.1, 0.15) is 23.8 Å². The van der Waals surface area contributed by atoms with Gasteiger partial charge >= 0.3 is 5.97 Å². The number of carbonyl (C=O) groups excluding carboxylic acids is 1. The Labute approximate surface area is 82.9 Å². The lowest BCUT2D eigenvalue weighted by Gasteiger charge is -1.99. The Bertz CT molecular complexity index is 296. The molecule has 0 spiro atoms. The summed E-state index contributed by atoms with van der Waals surface area (Å²) in [5, 5.41) is 0. The fraction of sp³-hybridized carbons (Fsp3) is 0.556. The van der Waals surface area contributed by atoms with Gasteiger partial charge in [0.2, 0.25) is 0 Å². The minimum absolute atomic E-state index is 0.340. The van der Waals surface area contributed by atoms with E-state index in [-0.39, 0.29) is 5.97 Å². The minimum atomic E-state index is -0.373. The van der Waals surface area contributed by atoms with E-state index in [1.165, 1.54) is 0 Å². The van der Waals surface area contributed by atoms with E-state index >= 15 is 0 Å². The highest BCUT2D eigenvalue weighted by Crippen LogP contribution is 1.99. The van der Waals surface area contributed by atoms with Crippen LogP contribution in [-0.2, 0) is 11.3 Å². The molecule has 0 bridgehead atoms. The number of aromatic nitrogens is 2. The van der Waals surface area contributed by atoms with Crippen molar-refractivity contribution in [1.82, 2.24) is 9.55 Å². The topological polar surface area (TPSA) is 70.1 Å². The van der Waals surface area contributed by atoms with Gasteiger partial charge in [0.05, 0.1) is 12.9 Å². The van der Waals surface area contributed by atoms with E-state index in [1.54, 1.807) is 17.1 Å². The average molecular weight is 197 g/mol. The molecule has 14 heavy (non-hydrogen) atoms. The highest BCUT2D eigenvalue weighted by atomic mass is 16.5. The van der Waals surface area contributed by atoms with Gasteiger partial charge < -0.3 is 15.0 Å². The fourth-order valence-electron chi connectivity index (χ4n) is 1.01. The van der Waals surface area contributed by atoms with Crippen LogP contribution >= 0.6 is 0 Å². The molecule has 1 heterocycles. The molecular weight excluding hydrogens is 182 g/mol. The number of imidazole rings is 1. The molecule has 0 aliphatic carbocycles. The fourth-order valence-corrected chi connectivity index (χ4v) is 1.01. The summed E-state index contributed by atoms with van der Waals surface area (Å²) in [6.07, 6.45) is 4.04. The molecule has 0 radical (unpaired) electrons. The maximum atomic E-state index is 11.3. The molecule has 1 aromatic rings. The van der Waals surface area contributed by atoms with E-state index in [4.69, 9.17) is 10.5 Å². The SMILES string of the molecule is CCCOC(=O)c1cn(CCN)cn1. The number of nitrogens with zero attached hydrogens (tertiary/aromatic N) is 2. The van der Waals surface area contributed by atoms with Crippen LogP contribution in [-0.4, -0.2) is 28.7 Å². The van der Waals surface area contributed by atoms with Gasteiger partial charge in [0.25, 0.3) is 0 Å². The molecule has 0 saturated carbocycles. The van der Waals surface area contributed by atoms with E-state index in [1.807, 2.05) is 6.92 Å². The van der Waals surface area contributed by atoms with Crippen LogP contribution in [0, 0.1) is 0 Å². The van der Waals surface area contributed by atoms with Gasteiger partial charge in [-0.05, 0) is 6.42 Å². The van der Waals surface area contributed by atoms with Crippen molar-refractivity contribution in [1.29, 1.82) is 0 Å². The molecule has 1 aromatic heterocycles. The van der Waals surface area contributed by atoms with Crippen LogP contribution in [0.25, 0.3) is 0 Å².